The first-order valence-corrected chi connectivity index (χ1v) is 10.1. The fourth-order valence-electron chi connectivity index (χ4n) is 4.38. The van der Waals surface area contributed by atoms with E-state index in [9.17, 15) is 30.3 Å². The van der Waals surface area contributed by atoms with E-state index in [1.54, 1.807) is 12.1 Å². The van der Waals surface area contributed by atoms with Gasteiger partial charge in [0.2, 0.25) is 0 Å². The Kier molecular flexibility index (Phi) is 4.60. The summed E-state index contributed by atoms with van der Waals surface area (Å²) in [5.41, 5.74) is 2.13. The van der Waals surface area contributed by atoms with Gasteiger partial charge in [0.1, 0.15) is 29.1 Å². The second-order valence-corrected chi connectivity index (χ2v) is 8.00. The Morgan fingerprint density at radius 3 is 2.25 bits per heavy atom. The average molecular weight is 436 g/mol. The standard InChI is InChI=1S/C24H20O8/c25-13-4-1-11(2-5-13)14-9-21(30)31-20-10-17(27)15-8-19(29)23(32-24(15)22(14)20)12-3-6-16(26)18(28)7-12/h1-7,10,14,19,23,25-29H,8-9H2/t14-,19+,23+/m0/s1. The summed E-state index contributed by atoms with van der Waals surface area (Å²) in [5, 5.41) is 50.4. The molecule has 0 spiro atoms. The van der Waals surface area contributed by atoms with Crippen LogP contribution in [0, 0.1) is 0 Å². The number of carbonyl (C=O) groups excluding carboxylic acids is 1. The second kappa shape index (κ2) is 7.35. The lowest BCUT2D eigenvalue weighted by atomic mass is 9.82. The first-order chi connectivity index (χ1) is 15.3. The summed E-state index contributed by atoms with van der Waals surface area (Å²) in [6.07, 6.45) is -1.82. The predicted molar refractivity (Wildman–Crippen MR) is 111 cm³/mol. The molecule has 32 heavy (non-hydrogen) atoms. The maximum absolute atomic E-state index is 12.3. The third-order valence-corrected chi connectivity index (χ3v) is 5.94. The summed E-state index contributed by atoms with van der Waals surface area (Å²) in [5.74, 6) is -1.17. The molecule has 2 heterocycles. The van der Waals surface area contributed by atoms with Crippen LogP contribution < -0.4 is 9.47 Å². The highest BCUT2D eigenvalue weighted by molar-refractivity contribution is 5.80. The molecular formula is C24H20O8. The highest BCUT2D eigenvalue weighted by atomic mass is 16.5. The van der Waals surface area contributed by atoms with E-state index in [0.717, 1.165) is 5.56 Å². The lowest BCUT2D eigenvalue weighted by Gasteiger charge is -2.36. The number of carbonyl (C=O) groups is 1. The van der Waals surface area contributed by atoms with E-state index in [2.05, 4.69) is 0 Å². The highest BCUT2D eigenvalue weighted by Crippen LogP contribution is 2.52. The van der Waals surface area contributed by atoms with Crippen molar-refractivity contribution in [1.29, 1.82) is 0 Å². The minimum atomic E-state index is -1.03. The summed E-state index contributed by atoms with van der Waals surface area (Å²) in [4.78, 5) is 12.3. The summed E-state index contributed by atoms with van der Waals surface area (Å²) >= 11 is 0. The summed E-state index contributed by atoms with van der Waals surface area (Å²) < 4.78 is 11.6. The molecular weight excluding hydrogens is 416 g/mol. The number of hydrogen-bond acceptors (Lipinski definition) is 8. The molecule has 3 aromatic rings. The molecule has 0 aliphatic carbocycles. The summed E-state index contributed by atoms with van der Waals surface area (Å²) in [6, 6.07) is 11.9. The van der Waals surface area contributed by atoms with E-state index in [4.69, 9.17) is 9.47 Å². The lowest BCUT2D eigenvalue weighted by molar-refractivity contribution is -0.135. The molecule has 0 fully saturated rings. The van der Waals surface area contributed by atoms with Crippen LogP contribution in [0.4, 0.5) is 0 Å². The largest absolute Gasteiger partial charge is 0.508 e. The maximum Gasteiger partial charge on any atom is 0.312 e. The van der Waals surface area contributed by atoms with Crippen molar-refractivity contribution in [3.8, 4) is 34.5 Å². The first kappa shape index (κ1) is 20.0. The Morgan fingerprint density at radius 1 is 0.812 bits per heavy atom. The molecule has 8 nitrogen and oxygen atoms in total. The SMILES string of the molecule is O=C1C[C@@H](c2ccc(O)cc2)c2c(cc(O)c3c2O[C@H](c2ccc(O)c(O)c2)[C@H](O)C3)O1. The third-order valence-electron chi connectivity index (χ3n) is 5.94. The summed E-state index contributed by atoms with van der Waals surface area (Å²) in [6.45, 7) is 0. The van der Waals surface area contributed by atoms with Crippen LogP contribution in [-0.2, 0) is 11.2 Å². The number of ether oxygens (including phenoxy) is 2. The monoisotopic (exact) mass is 436 g/mol. The van der Waals surface area contributed by atoms with Crippen molar-refractivity contribution in [2.24, 2.45) is 0 Å². The number of hydrogen-bond donors (Lipinski definition) is 5. The first-order valence-electron chi connectivity index (χ1n) is 10.1. The van der Waals surface area contributed by atoms with Gasteiger partial charge in [0.25, 0.3) is 0 Å². The molecule has 0 unspecified atom stereocenters. The molecule has 3 atom stereocenters. The number of fused-ring (bicyclic) bond motifs is 3. The molecule has 0 aromatic heterocycles. The van der Waals surface area contributed by atoms with Crippen LogP contribution in [0.5, 0.6) is 34.5 Å². The number of rotatable bonds is 2. The molecule has 0 bridgehead atoms. The van der Waals surface area contributed by atoms with Crippen molar-refractivity contribution in [1.82, 2.24) is 0 Å². The van der Waals surface area contributed by atoms with Crippen LogP contribution >= 0.6 is 0 Å². The molecule has 164 valence electrons. The second-order valence-electron chi connectivity index (χ2n) is 8.00. The van der Waals surface area contributed by atoms with Crippen LogP contribution in [0.2, 0.25) is 0 Å². The number of benzene rings is 3. The Bertz CT molecular complexity index is 1220. The zero-order valence-electron chi connectivity index (χ0n) is 16.7. The molecule has 2 aliphatic heterocycles. The molecule has 0 saturated carbocycles. The average Bonchev–Trinajstić information content (AvgIpc) is 2.75. The van der Waals surface area contributed by atoms with Gasteiger partial charge in [0.05, 0.1) is 12.5 Å². The van der Waals surface area contributed by atoms with Gasteiger partial charge in [0, 0.05) is 29.5 Å². The van der Waals surface area contributed by atoms with Crippen molar-refractivity contribution in [2.75, 3.05) is 0 Å². The number of phenolic OH excluding ortho intramolecular Hbond substituents is 4. The lowest BCUT2D eigenvalue weighted by Crippen LogP contribution is -2.32. The Morgan fingerprint density at radius 2 is 1.53 bits per heavy atom. The Hall–Kier alpha value is -3.91. The van der Waals surface area contributed by atoms with Gasteiger partial charge in [-0.15, -0.1) is 0 Å². The Balaban J connectivity index is 1.65. The van der Waals surface area contributed by atoms with Crippen LogP contribution in [-0.4, -0.2) is 37.6 Å². The normalized spacial score (nSPS) is 21.8. The zero-order chi connectivity index (χ0) is 22.6. The van der Waals surface area contributed by atoms with Crippen molar-refractivity contribution >= 4 is 5.97 Å². The fraction of sp³-hybridized carbons (Fsp3) is 0.208. The highest BCUT2D eigenvalue weighted by Gasteiger charge is 2.40. The van der Waals surface area contributed by atoms with Gasteiger partial charge in [-0.2, -0.15) is 0 Å². The fourth-order valence-corrected chi connectivity index (χ4v) is 4.38. The van der Waals surface area contributed by atoms with Crippen molar-refractivity contribution in [2.45, 2.75) is 31.0 Å². The number of aliphatic hydroxyl groups is 1. The Labute approximate surface area is 182 Å². The van der Waals surface area contributed by atoms with Crippen molar-refractivity contribution < 1.29 is 39.8 Å². The van der Waals surface area contributed by atoms with Crippen LogP contribution in [0.1, 0.15) is 40.7 Å². The molecule has 8 heteroatoms. The number of aliphatic hydroxyl groups excluding tert-OH is 1. The molecule has 0 saturated heterocycles. The van der Waals surface area contributed by atoms with Gasteiger partial charge in [-0.3, -0.25) is 4.79 Å². The van der Waals surface area contributed by atoms with Gasteiger partial charge in [-0.25, -0.2) is 0 Å². The molecule has 0 radical (unpaired) electrons. The number of aromatic hydroxyl groups is 4. The zero-order valence-corrected chi connectivity index (χ0v) is 16.7. The minimum absolute atomic E-state index is 0.0333. The van der Waals surface area contributed by atoms with Gasteiger partial charge < -0.3 is 35.0 Å². The molecule has 5 rings (SSSR count). The number of esters is 1. The molecule has 0 amide bonds. The van der Waals surface area contributed by atoms with Crippen LogP contribution in [0.25, 0.3) is 0 Å². The third kappa shape index (κ3) is 3.25. The van der Waals surface area contributed by atoms with Crippen LogP contribution in [0.15, 0.2) is 48.5 Å². The topological polar surface area (TPSA) is 137 Å². The van der Waals surface area contributed by atoms with E-state index in [1.165, 1.54) is 36.4 Å². The number of phenols is 4. The van der Waals surface area contributed by atoms with Gasteiger partial charge in [0.15, 0.2) is 11.5 Å². The van der Waals surface area contributed by atoms with E-state index in [-0.39, 0.29) is 41.6 Å². The van der Waals surface area contributed by atoms with E-state index < -0.39 is 24.1 Å². The minimum Gasteiger partial charge on any atom is -0.508 e. The maximum atomic E-state index is 12.3. The van der Waals surface area contributed by atoms with E-state index in [0.29, 0.717) is 22.4 Å². The van der Waals surface area contributed by atoms with Crippen molar-refractivity contribution in [3.05, 3.63) is 70.8 Å². The van der Waals surface area contributed by atoms with Gasteiger partial charge in [-0.05, 0) is 35.4 Å². The predicted octanol–water partition coefficient (Wildman–Crippen LogP) is 2.99. The molecule has 2 aliphatic rings. The van der Waals surface area contributed by atoms with Gasteiger partial charge >= 0.3 is 5.97 Å². The molecule has 3 aromatic carbocycles. The quantitative estimate of drug-likeness (QED) is 0.235. The van der Waals surface area contributed by atoms with Crippen molar-refractivity contribution in [3.63, 3.8) is 0 Å². The smallest absolute Gasteiger partial charge is 0.312 e. The summed E-state index contributed by atoms with van der Waals surface area (Å²) in [7, 11) is 0. The van der Waals surface area contributed by atoms with Crippen LogP contribution in [0.3, 0.4) is 0 Å². The van der Waals surface area contributed by atoms with E-state index in [1.807, 2.05) is 0 Å². The molecule has 5 N–H and O–H groups in total. The van der Waals surface area contributed by atoms with E-state index >= 15 is 0 Å². The van der Waals surface area contributed by atoms with Gasteiger partial charge in [-0.1, -0.05) is 18.2 Å².